The molecule has 27 heavy (non-hydrogen) atoms. The van der Waals surface area contributed by atoms with Crippen molar-refractivity contribution in [2.45, 2.75) is 6.61 Å². The van der Waals surface area contributed by atoms with Crippen molar-refractivity contribution in [1.29, 1.82) is 0 Å². The molecule has 5 heteroatoms. The van der Waals surface area contributed by atoms with Gasteiger partial charge in [-0.05, 0) is 28.8 Å². The van der Waals surface area contributed by atoms with Crippen LogP contribution in [0.4, 0.5) is 0 Å². The van der Waals surface area contributed by atoms with Crippen molar-refractivity contribution in [3.8, 4) is 0 Å². The number of hydrogen-bond donors (Lipinski definition) is 1. The standard InChI is InChI=1S/C22H15N3O2/c23-22(26)15-5-4-12-2-1-3-17-19(12)20(15)16-10-25-9-14-11-27-7-6-13(14)8-18(25)21(16)24-17/h1-6,8-10H,7,11H2,(H2,23,26). The lowest BCUT2D eigenvalue weighted by molar-refractivity contribution is 0.100. The van der Waals surface area contributed by atoms with E-state index in [-0.39, 0.29) is 0 Å². The molecule has 0 aliphatic carbocycles. The molecule has 2 N–H and O–H groups in total. The topological polar surface area (TPSA) is 69.6 Å². The van der Waals surface area contributed by atoms with Gasteiger partial charge in [-0.3, -0.25) is 4.79 Å². The number of hydrogen-bond acceptors (Lipinski definition) is 3. The molecule has 0 spiro atoms. The van der Waals surface area contributed by atoms with Crippen molar-refractivity contribution >= 4 is 50.1 Å². The van der Waals surface area contributed by atoms with Gasteiger partial charge in [0.05, 0.1) is 29.8 Å². The summed E-state index contributed by atoms with van der Waals surface area (Å²) in [5.41, 5.74) is 10.2. The van der Waals surface area contributed by atoms with E-state index in [2.05, 4.69) is 22.7 Å². The Kier molecular flexibility index (Phi) is 2.75. The van der Waals surface area contributed by atoms with Crippen LogP contribution in [-0.2, 0) is 11.3 Å². The maximum Gasteiger partial charge on any atom is 0.249 e. The molecule has 0 saturated heterocycles. The molecular formula is C22H15N3O2. The zero-order valence-electron chi connectivity index (χ0n) is 14.4. The number of amides is 1. The van der Waals surface area contributed by atoms with E-state index in [4.69, 9.17) is 15.5 Å². The van der Waals surface area contributed by atoms with Crippen LogP contribution in [0.5, 0.6) is 0 Å². The second kappa shape index (κ2) is 5.05. The zero-order valence-corrected chi connectivity index (χ0v) is 14.4. The molecule has 3 aromatic heterocycles. The van der Waals surface area contributed by atoms with Gasteiger partial charge < -0.3 is 14.9 Å². The molecule has 0 fully saturated rings. The molecule has 130 valence electrons. The Morgan fingerprint density at radius 2 is 2.07 bits per heavy atom. The number of pyridine rings is 2. The van der Waals surface area contributed by atoms with Crippen LogP contribution in [0, 0.1) is 0 Å². The third kappa shape index (κ3) is 1.92. The van der Waals surface area contributed by atoms with E-state index < -0.39 is 5.91 Å². The van der Waals surface area contributed by atoms with Crippen molar-refractivity contribution in [3.63, 3.8) is 0 Å². The highest BCUT2D eigenvalue weighted by Gasteiger charge is 2.18. The average Bonchev–Trinajstić information content (AvgIpc) is 3.04. The quantitative estimate of drug-likeness (QED) is 0.504. The summed E-state index contributed by atoms with van der Waals surface area (Å²) in [6, 6.07) is 11.9. The van der Waals surface area contributed by atoms with Gasteiger partial charge in [-0.25, -0.2) is 4.98 Å². The van der Waals surface area contributed by atoms with Crippen LogP contribution in [0.25, 0.3) is 44.2 Å². The fourth-order valence-corrected chi connectivity index (χ4v) is 4.25. The predicted molar refractivity (Wildman–Crippen MR) is 106 cm³/mol. The summed E-state index contributed by atoms with van der Waals surface area (Å²) < 4.78 is 7.62. The SMILES string of the molecule is NC(=O)c1ccc2cccc3nc4c(cn5cc6c(cc45)=CCOC6)c1c23. The third-order valence-electron chi connectivity index (χ3n) is 5.47. The van der Waals surface area contributed by atoms with Gasteiger partial charge in [-0.15, -0.1) is 0 Å². The number of fused-ring (bicyclic) bond motifs is 5. The van der Waals surface area contributed by atoms with Gasteiger partial charge in [0.15, 0.2) is 0 Å². The van der Waals surface area contributed by atoms with Crippen LogP contribution >= 0.6 is 0 Å². The van der Waals surface area contributed by atoms with Crippen LogP contribution < -0.4 is 11.0 Å². The fourth-order valence-electron chi connectivity index (χ4n) is 4.25. The summed E-state index contributed by atoms with van der Waals surface area (Å²) in [5.74, 6) is -0.425. The van der Waals surface area contributed by atoms with Crippen molar-refractivity contribution in [1.82, 2.24) is 9.38 Å². The lowest BCUT2D eigenvalue weighted by atomic mass is 9.97. The Labute approximate surface area is 153 Å². The van der Waals surface area contributed by atoms with Gasteiger partial charge in [0.1, 0.15) is 0 Å². The van der Waals surface area contributed by atoms with Gasteiger partial charge in [0.2, 0.25) is 5.91 Å². The molecule has 0 bridgehead atoms. The lowest BCUT2D eigenvalue weighted by Crippen LogP contribution is -2.17. The van der Waals surface area contributed by atoms with E-state index in [0.717, 1.165) is 43.7 Å². The monoisotopic (exact) mass is 353 g/mol. The van der Waals surface area contributed by atoms with Crippen LogP contribution in [0.1, 0.15) is 15.9 Å². The Bertz CT molecular complexity index is 1480. The van der Waals surface area contributed by atoms with Crippen molar-refractivity contribution in [2.75, 3.05) is 6.61 Å². The number of rotatable bonds is 1. The maximum atomic E-state index is 12.2. The summed E-state index contributed by atoms with van der Waals surface area (Å²) in [6.45, 7) is 1.22. The number of nitrogens with zero attached hydrogens (tertiary/aromatic N) is 2. The molecular weight excluding hydrogens is 338 g/mol. The highest BCUT2D eigenvalue weighted by Crippen LogP contribution is 2.36. The second-order valence-corrected chi connectivity index (χ2v) is 7.00. The number of nitrogens with two attached hydrogens (primary N) is 1. The van der Waals surface area contributed by atoms with Crippen LogP contribution in [0.2, 0.25) is 0 Å². The molecule has 0 unspecified atom stereocenters. The molecule has 1 amide bonds. The number of carbonyl (C=O) groups excluding carboxylic acids is 1. The van der Waals surface area contributed by atoms with E-state index in [1.165, 1.54) is 5.22 Å². The highest BCUT2D eigenvalue weighted by atomic mass is 16.5. The fraction of sp³-hybridized carbons (Fsp3) is 0.0909. The number of benzene rings is 2. The van der Waals surface area contributed by atoms with Crippen LogP contribution in [0.15, 0.2) is 48.8 Å². The van der Waals surface area contributed by atoms with Gasteiger partial charge in [-0.1, -0.05) is 24.3 Å². The first-order valence-corrected chi connectivity index (χ1v) is 8.87. The minimum Gasteiger partial charge on any atom is -0.373 e. The number of primary amides is 1. The highest BCUT2D eigenvalue weighted by molar-refractivity contribution is 6.26. The van der Waals surface area contributed by atoms with Gasteiger partial charge in [0.25, 0.3) is 0 Å². The number of ether oxygens (including phenoxy) is 1. The maximum absolute atomic E-state index is 12.2. The van der Waals surface area contributed by atoms with Crippen LogP contribution in [0.3, 0.4) is 0 Å². The molecule has 0 radical (unpaired) electrons. The summed E-state index contributed by atoms with van der Waals surface area (Å²) >= 11 is 0. The van der Waals surface area contributed by atoms with Crippen LogP contribution in [-0.4, -0.2) is 21.9 Å². The van der Waals surface area contributed by atoms with Gasteiger partial charge >= 0.3 is 0 Å². The summed E-state index contributed by atoms with van der Waals surface area (Å²) in [4.78, 5) is 17.1. The minimum absolute atomic E-state index is 0.425. The molecule has 0 atom stereocenters. The van der Waals surface area contributed by atoms with Crippen molar-refractivity contribution < 1.29 is 9.53 Å². The number of aromatic nitrogens is 2. The Morgan fingerprint density at radius 1 is 1.15 bits per heavy atom. The molecule has 5 aromatic rings. The van der Waals surface area contributed by atoms with E-state index >= 15 is 0 Å². The number of carbonyl (C=O) groups is 1. The molecule has 1 aliphatic heterocycles. The Morgan fingerprint density at radius 3 is 2.96 bits per heavy atom. The molecule has 4 heterocycles. The summed E-state index contributed by atoms with van der Waals surface area (Å²) in [7, 11) is 0. The largest absolute Gasteiger partial charge is 0.373 e. The molecule has 5 nitrogen and oxygen atoms in total. The summed E-state index contributed by atoms with van der Waals surface area (Å²) in [5, 5.41) is 5.03. The first kappa shape index (κ1) is 14.7. The average molecular weight is 353 g/mol. The molecule has 1 aliphatic rings. The van der Waals surface area contributed by atoms with E-state index in [9.17, 15) is 4.79 Å². The molecule has 6 rings (SSSR count). The van der Waals surface area contributed by atoms with E-state index in [1.807, 2.05) is 36.5 Å². The molecule has 0 saturated carbocycles. The van der Waals surface area contributed by atoms with Crippen molar-refractivity contribution in [3.05, 3.63) is 65.1 Å². The van der Waals surface area contributed by atoms with E-state index in [1.54, 1.807) is 0 Å². The predicted octanol–water partition coefficient (Wildman–Crippen LogP) is 2.92. The normalized spacial score (nSPS) is 14.1. The van der Waals surface area contributed by atoms with Crippen molar-refractivity contribution in [2.24, 2.45) is 5.73 Å². The summed E-state index contributed by atoms with van der Waals surface area (Å²) in [6.07, 6.45) is 6.22. The van der Waals surface area contributed by atoms with E-state index in [0.29, 0.717) is 18.8 Å². The molecule has 2 aromatic carbocycles. The zero-order chi connectivity index (χ0) is 18.1. The lowest BCUT2D eigenvalue weighted by Gasteiger charge is -2.10. The smallest absolute Gasteiger partial charge is 0.249 e. The third-order valence-corrected chi connectivity index (χ3v) is 5.47. The Balaban J connectivity index is 1.90. The first-order chi connectivity index (χ1) is 13.2. The minimum atomic E-state index is -0.425. The van der Waals surface area contributed by atoms with Gasteiger partial charge in [-0.2, -0.15) is 0 Å². The first-order valence-electron chi connectivity index (χ1n) is 8.87. The van der Waals surface area contributed by atoms with Gasteiger partial charge in [0, 0.05) is 39.7 Å². The second-order valence-electron chi connectivity index (χ2n) is 7.00. The Hall–Kier alpha value is -3.44.